The van der Waals surface area contributed by atoms with E-state index in [1.807, 2.05) is 0 Å². The van der Waals surface area contributed by atoms with Gasteiger partial charge >= 0.3 is 0 Å². The molecule has 2 aromatic rings. The van der Waals surface area contributed by atoms with Gasteiger partial charge in [0.15, 0.2) is 11.6 Å². The molecule has 0 aromatic carbocycles. The van der Waals surface area contributed by atoms with E-state index < -0.39 is 16.6 Å². The van der Waals surface area contributed by atoms with Gasteiger partial charge in [0.25, 0.3) is 11.6 Å². The molecule has 0 saturated carbocycles. The van der Waals surface area contributed by atoms with E-state index in [0.717, 1.165) is 12.3 Å². The molecule has 92 valence electrons. The minimum atomic E-state index is -0.683. The Morgan fingerprint density at radius 2 is 2.33 bits per heavy atom. The number of nitrogens with zero attached hydrogens (tertiary/aromatic N) is 2. The van der Waals surface area contributed by atoms with Crippen LogP contribution in [-0.4, -0.2) is 20.9 Å². The molecule has 1 amide bonds. The summed E-state index contributed by atoms with van der Waals surface area (Å²) in [6.07, 6.45) is 0.962. The molecular formula is C10H7N3O4S. The van der Waals surface area contributed by atoms with E-state index in [1.165, 1.54) is 11.3 Å². The molecule has 0 radical (unpaired) electrons. The van der Waals surface area contributed by atoms with E-state index in [-0.39, 0.29) is 11.5 Å². The van der Waals surface area contributed by atoms with Gasteiger partial charge in [-0.3, -0.25) is 14.9 Å². The fraction of sp³-hybridized carbons (Fsp3) is 0. The maximum atomic E-state index is 11.7. The van der Waals surface area contributed by atoms with Crippen molar-refractivity contribution in [1.29, 1.82) is 0 Å². The highest BCUT2D eigenvalue weighted by molar-refractivity contribution is 7.12. The summed E-state index contributed by atoms with van der Waals surface area (Å²) in [6, 6.07) is 4.25. The largest absolute Gasteiger partial charge is 0.504 e. The van der Waals surface area contributed by atoms with E-state index in [1.54, 1.807) is 17.5 Å². The molecule has 0 spiro atoms. The zero-order valence-corrected chi connectivity index (χ0v) is 9.68. The molecule has 0 atom stereocenters. The van der Waals surface area contributed by atoms with Crippen LogP contribution < -0.4 is 5.32 Å². The van der Waals surface area contributed by atoms with Crippen molar-refractivity contribution in [2.45, 2.75) is 0 Å². The van der Waals surface area contributed by atoms with Crippen molar-refractivity contribution in [1.82, 2.24) is 4.98 Å². The number of carbonyl (C=O) groups is 1. The molecule has 0 saturated heterocycles. The molecule has 2 aromatic heterocycles. The second-order valence-electron chi connectivity index (χ2n) is 3.25. The van der Waals surface area contributed by atoms with Crippen LogP contribution in [0.4, 0.5) is 11.5 Å². The molecule has 2 N–H and O–H groups in total. The molecule has 0 bridgehead atoms. The van der Waals surface area contributed by atoms with E-state index in [0.29, 0.717) is 4.88 Å². The van der Waals surface area contributed by atoms with Crippen molar-refractivity contribution in [3.63, 3.8) is 0 Å². The maximum absolute atomic E-state index is 11.7. The van der Waals surface area contributed by atoms with Crippen LogP contribution in [0.2, 0.25) is 0 Å². The van der Waals surface area contributed by atoms with Gasteiger partial charge in [-0.25, -0.2) is 4.98 Å². The molecule has 0 fully saturated rings. The van der Waals surface area contributed by atoms with Crippen LogP contribution in [-0.2, 0) is 0 Å². The Labute approximate surface area is 105 Å². The third-order valence-corrected chi connectivity index (χ3v) is 2.91. The number of thiophene rings is 1. The predicted octanol–water partition coefficient (Wildman–Crippen LogP) is 2.01. The van der Waals surface area contributed by atoms with Crippen LogP contribution in [0.15, 0.2) is 29.8 Å². The summed E-state index contributed by atoms with van der Waals surface area (Å²) in [4.78, 5) is 25.5. The number of carbonyl (C=O) groups excluding carboxylic acids is 1. The fourth-order valence-electron chi connectivity index (χ4n) is 1.22. The Hall–Kier alpha value is -2.48. The lowest BCUT2D eigenvalue weighted by molar-refractivity contribution is -0.385. The Bertz CT molecular complexity index is 597. The summed E-state index contributed by atoms with van der Waals surface area (Å²) in [7, 11) is 0. The minimum absolute atomic E-state index is 0.112. The van der Waals surface area contributed by atoms with E-state index in [2.05, 4.69) is 10.3 Å². The lowest BCUT2D eigenvalue weighted by Gasteiger charge is -2.04. The van der Waals surface area contributed by atoms with Gasteiger partial charge in [-0.15, -0.1) is 11.3 Å². The Morgan fingerprint density at radius 3 is 2.89 bits per heavy atom. The molecule has 7 nitrogen and oxygen atoms in total. The molecule has 0 aliphatic carbocycles. The van der Waals surface area contributed by atoms with Crippen LogP contribution >= 0.6 is 11.3 Å². The summed E-state index contributed by atoms with van der Waals surface area (Å²) in [5.74, 6) is -0.991. The van der Waals surface area contributed by atoms with Crippen LogP contribution in [0.5, 0.6) is 5.75 Å². The van der Waals surface area contributed by atoms with Gasteiger partial charge in [0.2, 0.25) is 0 Å². The molecule has 18 heavy (non-hydrogen) atoms. The number of amides is 1. The number of rotatable bonds is 3. The topological polar surface area (TPSA) is 105 Å². The molecule has 8 heteroatoms. The summed E-state index contributed by atoms with van der Waals surface area (Å²) in [5.41, 5.74) is -0.346. The SMILES string of the molecule is O=C(Nc1ncc([N+](=O)[O-])cc1O)c1cccs1. The highest BCUT2D eigenvalue weighted by Crippen LogP contribution is 2.25. The molecule has 2 heterocycles. The quantitative estimate of drug-likeness (QED) is 0.652. The minimum Gasteiger partial charge on any atom is -0.504 e. The van der Waals surface area contributed by atoms with Crippen molar-refractivity contribution < 1.29 is 14.8 Å². The first-order valence-electron chi connectivity index (χ1n) is 4.76. The first-order valence-corrected chi connectivity index (χ1v) is 5.64. The van der Waals surface area contributed by atoms with Gasteiger partial charge < -0.3 is 10.4 Å². The second-order valence-corrected chi connectivity index (χ2v) is 4.20. The van der Waals surface area contributed by atoms with Gasteiger partial charge in [0.05, 0.1) is 15.9 Å². The summed E-state index contributed by atoms with van der Waals surface area (Å²) in [5, 5.41) is 24.1. The first-order chi connectivity index (χ1) is 8.58. The van der Waals surface area contributed by atoms with Crippen molar-refractivity contribution in [3.8, 4) is 5.75 Å². The zero-order chi connectivity index (χ0) is 13.1. The fourth-order valence-corrected chi connectivity index (χ4v) is 1.83. The highest BCUT2D eigenvalue weighted by Gasteiger charge is 2.14. The Kier molecular flexibility index (Phi) is 3.20. The lowest BCUT2D eigenvalue weighted by Crippen LogP contribution is -2.11. The van der Waals surface area contributed by atoms with Gasteiger partial charge in [-0.2, -0.15) is 0 Å². The van der Waals surface area contributed by atoms with Crippen LogP contribution in [0.25, 0.3) is 0 Å². The van der Waals surface area contributed by atoms with Gasteiger partial charge in [-0.1, -0.05) is 6.07 Å². The number of nitro groups is 1. The number of pyridine rings is 1. The third kappa shape index (κ3) is 2.43. The molecule has 0 aliphatic heterocycles. The number of anilines is 1. The molecule has 2 rings (SSSR count). The summed E-state index contributed by atoms with van der Waals surface area (Å²) < 4.78 is 0. The van der Waals surface area contributed by atoms with Crippen LogP contribution in [0, 0.1) is 10.1 Å². The monoisotopic (exact) mass is 265 g/mol. The normalized spacial score (nSPS) is 10.0. The number of nitrogens with one attached hydrogen (secondary N) is 1. The summed E-state index contributed by atoms with van der Waals surface area (Å²) >= 11 is 1.23. The number of aromatic nitrogens is 1. The Balaban J connectivity index is 2.20. The molecule has 0 aliphatic rings. The summed E-state index contributed by atoms with van der Waals surface area (Å²) in [6.45, 7) is 0. The van der Waals surface area contributed by atoms with E-state index in [9.17, 15) is 20.0 Å². The van der Waals surface area contributed by atoms with Gasteiger partial charge in [-0.05, 0) is 11.4 Å². The van der Waals surface area contributed by atoms with E-state index >= 15 is 0 Å². The number of hydrogen-bond donors (Lipinski definition) is 2. The highest BCUT2D eigenvalue weighted by atomic mass is 32.1. The van der Waals surface area contributed by atoms with Crippen molar-refractivity contribution in [2.75, 3.05) is 5.32 Å². The van der Waals surface area contributed by atoms with Gasteiger partial charge in [0.1, 0.15) is 6.20 Å². The zero-order valence-electron chi connectivity index (χ0n) is 8.86. The van der Waals surface area contributed by atoms with Crippen molar-refractivity contribution in [2.24, 2.45) is 0 Å². The predicted molar refractivity (Wildman–Crippen MR) is 64.8 cm³/mol. The van der Waals surface area contributed by atoms with Crippen LogP contribution in [0.1, 0.15) is 9.67 Å². The van der Waals surface area contributed by atoms with E-state index in [4.69, 9.17) is 0 Å². The Morgan fingerprint density at radius 1 is 1.56 bits per heavy atom. The number of hydrogen-bond acceptors (Lipinski definition) is 6. The number of aromatic hydroxyl groups is 1. The second kappa shape index (κ2) is 4.80. The molecule has 0 unspecified atom stereocenters. The van der Waals surface area contributed by atoms with Crippen molar-refractivity contribution >= 4 is 28.7 Å². The average Bonchev–Trinajstić information content (AvgIpc) is 2.85. The van der Waals surface area contributed by atoms with Gasteiger partial charge in [0, 0.05) is 0 Å². The first kappa shape index (κ1) is 12.0. The van der Waals surface area contributed by atoms with Crippen LogP contribution in [0.3, 0.4) is 0 Å². The molecular weight excluding hydrogens is 258 g/mol. The standard InChI is InChI=1S/C10H7N3O4S/c14-7-4-6(13(16)17)5-11-9(7)12-10(15)8-2-1-3-18-8/h1-5,14H,(H,11,12,15). The third-order valence-electron chi connectivity index (χ3n) is 2.04. The maximum Gasteiger partial charge on any atom is 0.291 e. The average molecular weight is 265 g/mol. The van der Waals surface area contributed by atoms with Crippen molar-refractivity contribution in [3.05, 3.63) is 44.8 Å². The lowest BCUT2D eigenvalue weighted by atomic mass is 10.3. The smallest absolute Gasteiger partial charge is 0.291 e.